The van der Waals surface area contributed by atoms with E-state index in [0.717, 1.165) is 44.0 Å². The number of aliphatic imine (C=N–C) groups is 1. The highest BCUT2D eigenvalue weighted by Gasteiger charge is 2.21. The van der Waals surface area contributed by atoms with E-state index in [4.69, 9.17) is 16.1 Å². The third-order valence-electron chi connectivity index (χ3n) is 5.11. The van der Waals surface area contributed by atoms with Crippen molar-refractivity contribution in [2.45, 2.75) is 52.1 Å². The van der Waals surface area contributed by atoms with E-state index in [2.05, 4.69) is 51.4 Å². The first-order valence-corrected chi connectivity index (χ1v) is 10.8. The van der Waals surface area contributed by atoms with Gasteiger partial charge in [0.25, 0.3) is 0 Å². The summed E-state index contributed by atoms with van der Waals surface area (Å²) < 4.78 is 5.37. The maximum Gasteiger partial charge on any atom is 0.228 e. The summed E-state index contributed by atoms with van der Waals surface area (Å²) >= 11 is 5.93. The van der Waals surface area contributed by atoms with E-state index >= 15 is 0 Å². The van der Waals surface area contributed by atoms with Crippen molar-refractivity contribution in [1.29, 1.82) is 0 Å². The molecule has 2 heterocycles. The van der Waals surface area contributed by atoms with Crippen molar-refractivity contribution < 1.29 is 4.52 Å². The molecule has 1 saturated heterocycles. The number of benzene rings is 1. The Bertz CT molecular complexity index is 787. The fourth-order valence-electron chi connectivity index (χ4n) is 3.41. The molecule has 1 aromatic carbocycles. The first kappa shape index (κ1) is 24.9. The summed E-state index contributed by atoms with van der Waals surface area (Å²) in [5.74, 6) is 2.01. The molecule has 2 N–H and O–H groups in total. The van der Waals surface area contributed by atoms with Crippen LogP contribution in [0.1, 0.15) is 39.5 Å². The Kier molecular flexibility index (Phi) is 10.3. The van der Waals surface area contributed by atoms with Crippen LogP contribution in [0.25, 0.3) is 11.4 Å². The lowest BCUT2D eigenvalue weighted by molar-refractivity contribution is 0.167. The summed E-state index contributed by atoms with van der Waals surface area (Å²) in [7, 11) is 0. The van der Waals surface area contributed by atoms with Crippen LogP contribution in [0.15, 0.2) is 33.8 Å². The largest absolute Gasteiger partial charge is 0.357 e. The van der Waals surface area contributed by atoms with Gasteiger partial charge in [-0.2, -0.15) is 4.98 Å². The van der Waals surface area contributed by atoms with Crippen LogP contribution in [0.4, 0.5) is 0 Å². The summed E-state index contributed by atoms with van der Waals surface area (Å²) in [4.78, 5) is 11.7. The number of hydrogen-bond acceptors (Lipinski definition) is 5. The Morgan fingerprint density at radius 2 is 1.97 bits per heavy atom. The van der Waals surface area contributed by atoms with Crippen LogP contribution in [0, 0.1) is 0 Å². The number of aromatic nitrogens is 2. The van der Waals surface area contributed by atoms with Crippen molar-refractivity contribution in [2.75, 3.05) is 26.2 Å². The predicted octanol–water partition coefficient (Wildman–Crippen LogP) is 3.98. The van der Waals surface area contributed by atoms with Gasteiger partial charge in [-0.15, -0.1) is 24.0 Å². The average molecular weight is 547 g/mol. The van der Waals surface area contributed by atoms with E-state index < -0.39 is 0 Å². The van der Waals surface area contributed by atoms with E-state index in [-0.39, 0.29) is 24.0 Å². The van der Waals surface area contributed by atoms with Gasteiger partial charge in [-0.1, -0.05) is 16.8 Å². The summed E-state index contributed by atoms with van der Waals surface area (Å²) in [6.45, 7) is 10.3. The predicted molar refractivity (Wildman–Crippen MR) is 133 cm³/mol. The molecule has 0 atom stereocenters. The highest BCUT2D eigenvalue weighted by atomic mass is 127. The fourth-order valence-corrected chi connectivity index (χ4v) is 3.54. The molecule has 0 amide bonds. The molecule has 1 fully saturated rings. The van der Waals surface area contributed by atoms with Gasteiger partial charge >= 0.3 is 0 Å². The van der Waals surface area contributed by atoms with Crippen LogP contribution >= 0.6 is 35.6 Å². The van der Waals surface area contributed by atoms with Gasteiger partial charge in [-0.3, -0.25) is 4.99 Å². The van der Waals surface area contributed by atoms with E-state index in [1.807, 2.05) is 24.3 Å². The number of hydrogen-bond donors (Lipinski definition) is 2. The van der Waals surface area contributed by atoms with E-state index in [1.54, 1.807) is 0 Å². The van der Waals surface area contributed by atoms with Gasteiger partial charge in [-0.25, -0.2) is 0 Å². The topological polar surface area (TPSA) is 78.6 Å². The maximum atomic E-state index is 5.93. The Hall–Kier alpha value is -1.39. The van der Waals surface area contributed by atoms with Gasteiger partial charge < -0.3 is 20.1 Å². The molecule has 1 aromatic heterocycles. The number of rotatable bonds is 7. The Morgan fingerprint density at radius 3 is 2.60 bits per heavy atom. The lowest BCUT2D eigenvalue weighted by Crippen LogP contribution is -2.49. The quantitative estimate of drug-likeness (QED) is 0.311. The van der Waals surface area contributed by atoms with Crippen LogP contribution in [-0.4, -0.2) is 59.3 Å². The van der Waals surface area contributed by atoms with Crippen LogP contribution in [0.2, 0.25) is 5.02 Å². The summed E-state index contributed by atoms with van der Waals surface area (Å²) in [6, 6.07) is 8.47. The van der Waals surface area contributed by atoms with Crippen molar-refractivity contribution in [3.8, 4) is 11.4 Å². The number of halogens is 2. The summed E-state index contributed by atoms with van der Waals surface area (Å²) in [5.41, 5.74) is 0.885. The Balaban J connectivity index is 0.00000320. The number of nitrogens with one attached hydrogen (secondary N) is 2. The third-order valence-corrected chi connectivity index (χ3v) is 5.36. The molecule has 1 aliphatic rings. The van der Waals surface area contributed by atoms with E-state index in [9.17, 15) is 0 Å². The minimum absolute atomic E-state index is 0. The molecule has 0 radical (unpaired) electrons. The van der Waals surface area contributed by atoms with Gasteiger partial charge in [-0.05, 0) is 57.9 Å². The van der Waals surface area contributed by atoms with Crippen LogP contribution in [-0.2, 0) is 6.42 Å². The Morgan fingerprint density at radius 1 is 1.27 bits per heavy atom. The van der Waals surface area contributed by atoms with Crippen molar-refractivity contribution in [1.82, 2.24) is 25.7 Å². The molecule has 0 unspecified atom stereocenters. The van der Waals surface area contributed by atoms with Crippen molar-refractivity contribution in [3.63, 3.8) is 0 Å². The molecule has 0 saturated carbocycles. The van der Waals surface area contributed by atoms with Gasteiger partial charge in [0.2, 0.25) is 11.7 Å². The minimum atomic E-state index is 0. The molecule has 0 aliphatic carbocycles. The maximum absolute atomic E-state index is 5.93. The zero-order chi connectivity index (χ0) is 20.6. The van der Waals surface area contributed by atoms with Crippen molar-refractivity contribution in [3.05, 3.63) is 35.2 Å². The molecule has 0 bridgehead atoms. The SMILES string of the molecule is CCNC(=NCCc1nc(-c2ccc(Cl)cc2)no1)NC1CCN(C(C)C)CC1.I. The summed E-state index contributed by atoms with van der Waals surface area (Å²) in [6.07, 6.45) is 2.87. The van der Waals surface area contributed by atoms with Gasteiger partial charge in [0.15, 0.2) is 5.96 Å². The highest BCUT2D eigenvalue weighted by molar-refractivity contribution is 14.0. The second-order valence-corrected chi connectivity index (χ2v) is 8.01. The smallest absolute Gasteiger partial charge is 0.228 e. The zero-order valence-electron chi connectivity index (χ0n) is 17.9. The molecular formula is C21H32ClIN6O. The number of piperidine rings is 1. The lowest BCUT2D eigenvalue weighted by atomic mass is 10.0. The molecule has 9 heteroatoms. The van der Waals surface area contributed by atoms with Gasteiger partial charge in [0.05, 0.1) is 6.54 Å². The molecule has 0 spiro atoms. The average Bonchev–Trinajstić information content (AvgIpc) is 3.18. The molecular weight excluding hydrogens is 515 g/mol. The first-order chi connectivity index (χ1) is 14.0. The fraction of sp³-hybridized carbons (Fsp3) is 0.571. The van der Waals surface area contributed by atoms with Crippen molar-refractivity contribution in [2.24, 2.45) is 4.99 Å². The van der Waals surface area contributed by atoms with Crippen molar-refractivity contribution >= 4 is 41.5 Å². The van der Waals surface area contributed by atoms with Crippen LogP contribution < -0.4 is 10.6 Å². The molecule has 30 heavy (non-hydrogen) atoms. The molecule has 1 aliphatic heterocycles. The first-order valence-electron chi connectivity index (χ1n) is 10.4. The second kappa shape index (κ2) is 12.5. The number of guanidine groups is 1. The van der Waals surface area contributed by atoms with E-state index in [0.29, 0.717) is 41.8 Å². The minimum Gasteiger partial charge on any atom is -0.357 e. The monoisotopic (exact) mass is 546 g/mol. The highest BCUT2D eigenvalue weighted by Crippen LogP contribution is 2.18. The summed E-state index contributed by atoms with van der Waals surface area (Å²) in [5, 5.41) is 11.6. The van der Waals surface area contributed by atoms with Gasteiger partial charge in [0, 0.05) is 48.7 Å². The second-order valence-electron chi connectivity index (χ2n) is 7.58. The van der Waals surface area contributed by atoms with Gasteiger partial charge in [0.1, 0.15) is 0 Å². The number of likely N-dealkylation sites (tertiary alicyclic amines) is 1. The molecule has 166 valence electrons. The van der Waals surface area contributed by atoms with Crippen LogP contribution in [0.3, 0.4) is 0 Å². The molecule has 7 nitrogen and oxygen atoms in total. The Labute approximate surface area is 201 Å². The third kappa shape index (κ3) is 7.39. The zero-order valence-corrected chi connectivity index (χ0v) is 21.0. The number of nitrogens with zero attached hydrogens (tertiary/aromatic N) is 4. The molecule has 3 rings (SSSR count). The normalized spacial score (nSPS) is 15.8. The molecule has 2 aromatic rings. The van der Waals surface area contributed by atoms with E-state index in [1.165, 1.54) is 0 Å². The van der Waals surface area contributed by atoms with Crippen LogP contribution in [0.5, 0.6) is 0 Å². The standard InChI is InChI=1S/C21H31ClN6O.HI/c1-4-23-21(25-18-10-13-28(14-11-18)15(2)3)24-12-9-19-26-20(27-29-19)16-5-7-17(22)8-6-16;/h5-8,15,18H,4,9-14H2,1-3H3,(H2,23,24,25);1H. The lowest BCUT2D eigenvalue weighted by Gasteiger charge is -2.35.